The van der Waals surface area contributed by atoms with Crippen LogP contribution in [0.15, 0.2) is 47.6 Å². The Bertz CT molecular complexity index is 1000. The Kier molecular flexibility index (Phi) is 7.76. The maximum absolute atomic E-state index is 12.2. The third-order valence-corrected chi connectivity index (χ3v) is 5.75. The SMILES string of the molecule is CCn1c(COc2ccc(C)cc2C)nnc1SCC(=O)NCc1ccc(Cl)cc1. The Hall–Kier alpha value is -2.51. The Balaban J connectivity index is 1.53. The molecular formula is C22H25ClN4O2S. The molecule has 0 fully saturated rings. The minimum atomic E-state index is -0.0614. The highest BCUT2D eigenvalue weighted by Crippen LogP contribution is 2.21. The van der Waals surface area contributed by atoms with E-state index < -0.39 is 0 Å². The zero-order valence-corrected chi connectivity index (χ0v) is 18.9. The zero-order valence-electron chi connectivity index (χ0n) is 17.3. The molecule has 1 heterocycles. The number of halogens is 1. The van der Waals surface area contributed by atoms with Gasteiger partial charge in [-0.2, -0.15) is 0 Å². The second-order valence-corrected chi connectivity index (χ2v) is 8.27. The highest BCUT2D eigenvalue weighted by atomic mass is 35.5. The van der Waals surface area contributed by atoms with Gasteiger partial charge in [-0.3, -0.25) is 4.79 Å². The molecule has 30 heavy (non-hydrogen) atoms. The molecule has 0 unspecified atom stereocenters. The summed E-state index contributed by atoms with van der Waals surface area (Å²) in [7, 11) is 0. The summed E-state index contributed by atoms with van der Waals surface area (Å²) in [6.07, 6.45) is 0. The lowest BCUT2D eigenvalue weighted by molar-refractivity contribution is -0.118. The van der Waals surface area contributed by atoms with E-state index in [-0.39, 0.29) is 11.7 Å². The molecule has 6 nitrogen and oxygen atoms in total. The van der Waals surface area contributed by atoms with Gasteiger partial charge in [0, 0.05) is 18.1 Å². The Morgan fingerprint density at radius 3 is 2.63 bits per heavy atom. The van der Waals surface area contributed by atoms with E-state index in [2.05, 4.69) is 28.5 Å². The molecule has 158 valence electrons. The number of thioether (sulfide) groups is 1. The molecule has 0 spiro atoms. The molecule has 0 aliphatic rings. The summed E-state index contributed by atoms with van der Waals surface area (Å²) >= 11 is 7.24. The van der Waals surface area contributed by atoms with Gasteiger partial charge in [0.05, 0.1) is 5.75 Å². The van der Waals surface area contributed by atoms with Crippen LogP contribution in [0.25, 0.3) is 0 Å². The normalized spacial score (nSPS) is 10.8. The number of ether oxygens (including phenoxy) is 1. The molecule has 0 saturated carbocycles. The second-order valence-electron chi connectivity index (χ2n) is 6.89. The third kappa shape index (κ3) is 6.00. The first-order chi connectivity index (χ1) is 14.5. The third-order valence-electron chi connectivity index (χ3n) is 4.53. The average molecular weight is 445 g/mol. The van der Waals surface area contributed by atoms with Crippen molar-refractivity contribution >= 4 is 29.3 Å². The molecule has 0 aliphatic heterocycles. The van der Waals surface area contributed by atoms with E-state index in [0.29, 0.717) is 29.9 Å². The summed E-state index contributed by atoms with van der Waals surface area (Å²) in [6.45, 7) is 7.60. The number of amides is 1. The van der Waals surface area contributed by atoms with Crippen LogP contribution >= 0.6 is 23.4 Å². The van der Waals surface area contributed by atoms with E-state index >= 15 is 0 Å². The van der Waals surface area contributed by atoms with Gasteiger partial charge >= 0.3 is 0 Å². The van der Waals surface area contributed by atoms with Crippen LogP contribution in [-0.2, 0) is 24.5 Å². The molecule has 0 saturated heterocycles. The van der Waals surface area contributed by atoms with Gasteiger partial charge < -0.3 is 14.6 Å². The summed E-state index contributed by atoms with van der Waals surface area (Å²) < 4.78 is 7.91. The number of hydrogen-bond acceptors (Lipinski definition) is 5. The highest BCUT2D eigenvalue weighted by molar-refractivity contribution is 7.99. The number of nitrogens with one attached hydrogen (secondary N) is 1. The maximum Gasteiger partial charge on any atom is 0.230 e. The number of aryl methyl sites for hydroxylation is 2. The molecule has 3 rings (SSSR count). The van der Waals surface area contributed by atoms with E-state index in [0.717, 1.165) is 22.7 Å². The number of hydrogen-bond donors (Lipinski definition) is 1. The molecular weight excluding hydrogens is 420 g/mol. The summed E-state index contributed by atoms with van der Waals surface area (Å²) in [5.74, 6) is 1.78. The van der Waals surface area contributed by atoms with Crippen molar-refractivity contribution in [2.45, 2.75) is 45.6 Å². The summed E-state index contributed by atoms with van der Waals surface area (Å²) in [6, 6.07) is 13.5. The Morgan fingerprint density at radius 2 is 1.93 bits per heavy atom. The summed E-state index contributed by atoms with van der Waals surface area (Å²) in [5, 5.41) is 12.8. The lowest BCUT2D eigenvalue weighted by Crippen LogP contribution is -2.24. The van der Waals surface area contributed by atoms with Crippen LogP contribution in [0, 0.1) is 13.8 Å². The number of aromatic nitrogens is 3. The van der Waals surface area contributed by atoms with Crippen molar-refractivity contribution in [3.05, 3.63) is 70.0 Å². The first kappa shape index (κ1) is 22.2. The first-order valence-electron chi connectivity index (χ1n) is 9.72. The van der Waals surface area contributed by atoms with Gasteiger partial charge in [-0.05, 0) is 50.1 Å². The number of nitrogens with zero attached hydrogens (tertiary/aromatic N) is 3. The smallest absolute Gasteiger partial charge is 0.230 e. The Labute approximate surface area is 186 Å². The average Bonchev–Trinajstić information content (AvgIpc) is 3.13. The second kappa shape index (κ2) is 10.5. The van der Waals surface area contributed by atoms with Gasteiger partial charge in [0.2, 0.25) is 5.91 Å². The van der Waals surface area contributed by atoms with Crippen LogP contribution in [0.1, 0.15) is 29.4 Å². The largest absolute Gasteiger partial charge is 0.485 e. The van der Waals surface area contributed by atoms with E-state index in [9.17, 15) is 4.79 Å². The molecule has 1 N–H and O–H groups in total. The number of benzene rings is 2. The molecule has 3 aromatic rings. The molecule has 0 aliphatic carbocycles. The standard InChI is InChI=1S/C22H25ClN4O2S/c1-4-27-20(13-29-19-10-5-15(2)11-16(19)3)25-26-22(27)30-14-21(28)24-12-17-6-8-18(23)9-7-17/h5-11H,4,12-14H2,1-3H3,(H,24,28). The van der Waals surface area contributed by atoms with Crippen molar-refractivity contribution in [1.82, 2.24) is 20.1 Å². The minimum absolute atomic E-state index is 0.0614. The highest BCUT2D eigenvalue weighted by Gasteiger charge is 2.14. The summed E-state index contributed by atoms with van der Waals surface area (Å²) in [4.78, 5) is 12.2. The van der Waals surface area contributed by atoms with E-state index in [1.54, 1.807) is 0 Å². The zero-order chi connectivity index (χ0) is 21.5. The maximum atomic E-state index is 12.2. The van der Waals surface area contributed by atoms with Crippen molar-refractivity contribution in [3.8, 4) is 5.75 Å². The van der Waals surface area contributed by atoms with Crippen molar-refractivity contribution in [3.63, 3.8) is 0 Å². The number of carbonyl (C=O) groups is 1. The predicted molar refractivity (Wildman–Crippen MR) is 120 cm³/mol. The molecule has 2 aromatic carbocycles. The van der Waals surface area contributed by atoms with Crippen molar-refractivity contribution < 1.29 is 9.53 Å². The Morgan fingerprint density at radius 1 is 1.17 bits per heavy atom. The lowest BCUT2D eigenvalue weighted by atomic mass is 10.1. The molecule has 1 amide bonds. The van der Waals surface area contributed by atoms with Crippen LogP contribution in [0.4, 0.5) is 0 Å². The number of rotatable bonds is 9. The van der Waals surface area contributed by atoms with Crippen LogP contribution in [0.2, 0.25) is 5.02 Å². The molecule has 0 radical (unpaired) electrons. The van der Waals surface area contributed by atoms with Gasteiger partial charge in [0.15, 0.2) is 11.0 Å². The van der Waals surface area contributed by atoms with Gasteiger partial charge in [0.1, 0.15) is 12.4 Å². The first-order valence-corrected chi connectivity index (χ1v) is 11.1. The van der Waals surface area contributed by atoms with Crippen LogP contribution in [0.5, 0.6) is 5.75 Å². The van der Waals surface area contributed by atoms with Crippen LogP contribution < -0.4 is 10.1 Å². The van der Waals surface area contributed by atoms with Gasteiger partial charge in [-0.1, -0.05) is 53.2 Å². The molecule has 1 aromatic heterocycles. The van der Waals surface area contributed by atoms with Gasteiger partial charge in [0.25, 0.3) is 0 Å². The van der Waals surface area contributed by atoms with Crippen molar-refractivity contribution in [2.24, 2.45) is 0 Å². The van der Waals surface area contributed by atoms with E-state index in [1.807, 2.05) is 54.8 Å². The predicted octanol–water partition coefficient (Wildman–Crippen LogP) is 4.56. The monoisotopic (exact) mass is 444 g/mol. The van der Waals surface area contributed by atoms with Gasteiger partial charge in [-0.15, -0.1) is 10.2 Å². The number of carbonyl (C=O) groups excluding carboxylic acids is 1. The molecule has 8 heteroatoms. The van der Waals surface area contributed by atoms with Crippen molar-refractivity contribution in [2.75, 3.05) is 5.75 Å². The quantitative estimate of drug-likeness (QED) is 0.490. The molecule has 0 atom stereocenters. The fraction of sp³-hybridized carbons (Fsp3) is 0.318. The fourth-order valence-electron chi connectivity index (χ4n) is 2.94. The molecule has 0 bridgehead atoms. The lowest BCUT2D eigenvalue weighted by Gasteiger charge is -2.11. The van der Waals surface area contributed by atoms with Crippen LogP contribution in [0.3, 0.4) is 0 Å². The van der Waals surface area contributed by atoms with Crippen LogP contribution in [-0.4, -0.2) is 26.4 Å². The summed E-state index contributed by atoms with van der Waals surface area (Å²) in [5.41, 5.74) is 3.29. The van der Waals surface area contributed by atoms with E-state index in [1.165, 1.54) is 17.3 Å². The van der Waals surface area contributed by atoms with Crippen molar-refractivity contribution in [1.29, 1.82) is 0 Å². The topological polar surface area (TPSA) is 69.0 Å². The van der Waals surface area contributed by atoms with E-state index in [4.69, 9.17) is 16.3 Å². The van der Waals surface area contributed by atoms with Gasteiger partial charge in [-0.25, -0.2) is 0 Å². The minimum Gasteiger partial charge on any atom is -0.485 e. The fourth-order valence-corrected chi connectivity index (χ4v) is 3.91.